The summed E-state index contributed by atoms with van der Waals surface area (Å²) in [7, 11) is 1.03. The van der Waals surface area contributed by atoms with Gasteiger partial charge in [-0.05, 0) is 0 Å². The summed E-state index contributed by atoms with van der Waals surface area (Å²) in [5, 5.41) is 0. The van der Waals surface area contributed by atoms with Crippen molar-refractivity contribution in [3.63, 3.8) is 0 Å². The van der Waals surface area contributed by atoms with Crippen LogP contribution in [0.4, 0.5) is 27.6 Å². The number of rotatable bonds is 2. The second-order valence-electron chi connectivity index (χ2n) is 2.81. The lowest BCUT2D eigenvalue weighted by molar-refractivity contribution is -0.141. The largest absolute Gasteiger partial charge is 0.494 e. The number of nitrogen functional groups attached to an aromatic ring is 1. The molecular weight excluding hydrogens is 235 g/mol. The van der Waals surface area contributed by atoms with Crippen molar-refractivity contribution < 1.29 is 26.7 Å². The highest BCUT2D eigenvalue weighted by Crippen LogP contribution is 2.36. The zero-order valence-electron chi connectivity index (χ0n) is 7.98. The summed E-state index contributed by atoms with van der Waals surface area (Å²) in [6.45, 7) is 0. The highest BCUT2D eigenvalue weighted by Gasteiger charge is 2.35. The fraction of sp³-hybridized carbons (Fsp3) is 0.375. The highest BCUT2D eigenvalue weighted by molar-refractivity contribution is 5.57. The molecule has 0 bridgehead atoms. The third-order valence-corrected chi connectivity index (χ3v) is 1.77. The molecule has 0 atom stereocenters. The molecule has 0 radical (unpaired) electrons. The van der Waals surface area contributed by atoms with Crippen LogP contribution in [-0.4, -0.2) is 12.1 Å². The number of nitrogens with two attached hydrogens (primary N) is 1. The number of halogens is 5. The summed E-state index contributed by atoms with van der Waals surface area (Å²) in [6, 6.07) is 0.473. The molecule has 1 rings (SSSR count). The van der Waals surface area contributed by atoms with Gasteiger partial charge in [0.05, 0.1) is 7.11 Å². The maximum atomic E-state index is 12.3. The molecule has 3 nitrogen and oxygen atoms in total. The Balaban J connectivity index is 3.40. The van der Waals surface area contributed by atoms with E-state index in [4.69, 9.17) is 5.73 Å². The number of anilines is 1. The molecule has 0 aliphatic heterocycles. The average Bonchev–Trinajstić information content (AvgIpc) is 2.15. The van der Waals surface area contributed by atoms with Crippen molar-refractivity contribution in [2.75, 3.05) is 12.8 Å². The van der Waals surface area contributed by atoms with E-state index in [0.29, 0.717) is 6.07 Å². The molecule has 1 aromatic rings. The Kier molecular flexibility index (Phi) is 3.20. The highest BCUT2D eigenvalue weighted by atomic mass is 19.4. The SMILES string of the molecule is COc1cc(C(F)(F)F)nc(C(F)F)c1N. The first-order chi connectivity index (χ1) is 7.27. The summed E-state index contributed by atoms with van der Waals surface area (Å²) < 4.78 is 66.0. The Bertz CT molecular complexity index is 391. The molecule has 1 aromatic heterocycles. The van der Waals surface area contributed by atoms with E-state index in [2.05, 4.69) is 9.72 Å². The lowest BCUT2D eigenvalue weighted by Gasteiger charge is -2.13. The van der Waals surface area contributed by atoms with Crippen molar-refractivity contribution in [2.45, 2.75) is 12.6 Å². The number of alkyl halides is 5. The third kappa shape index (κ3) is 2.31. The standard InChI is InChI=1S/C8H7F5N2O/c1-16-3-2-4(8(11,12)13)15-6(5(3)14)7(9)10/h2,7H,14H2,1H3. The topological polar surface area (TPSA) is 48.1 Å². The Labute approximate surface area is 87.0 Å². The first-order valence-electron chi connectivity index (χ1n) is 3.97. The Morgan fingerprint density at radius 2 is 1.94 bits per heavy atom. The number of methoxy groups -OCH3 is 1. The van der Waals surface area contributed by atoms with Crippen LogP contribution in [0.2, 0.25) is 0 Å². The van der Waals surface area contributed by atoms with Crippen LogP contribution in [0.1, 0.15) is 17.8 Å². The van der Waals surface area contributed by atoms with Gasteiger partial charge in [-0.1, -0.05) is 0 Å². The molecule has 0 spiro atoms. The van der Waals surface area contributed by atoms with E-state index in [-0.39, 0.29) is 0 Å². The quantitative estimate of drug-likeness (QED) is 0.811. The molecule has 0 amide bonds. The molecule has 0 aliphatic rings. The van der Waals surface area contributed by atoms with E-state index < -0.39 is 35.4 Å². The summed E-state index contributed by atoms with van der Waals surface area (Å²) in [5.41, 5.74) is 1.98. The monoisotopic (exact) mass is 242 g/mol. The van der Waals surface area contributed by atoms with Gasteiger partial charge in [-0.25, -0.2) is 13.8 Å². The Hall–Kier alpha value is -1.60. The van der Waals surface area contributed by atoms with Crippen LogP contribution in [0.3, 0.4) is 0 Å². The molecule has 2 N–H and O–H groups in total. The van der Waals surface area contributed by atoms with Gasteiger partial charge in [-0.2, -0.15) is 13.2 Å². The van der Waals surface area contributed by atoms with E-state index in [1.165, 1.54) is 0 Å². The van der Waals surface area contributed by atoms with Gasteiger partial charge >= 0.3 is 6.18 Å². The molecule has 0 aliphatic carbocycles. The summed E-state index contributed by atoms with van der Waals surface area (Å²) >= 11 is 0. The third-order valence-electron chi connectivity index (χ3n) is 1.77. The van der Waals surface area contributed by atoms with Crippen LogP contribution in [0.25, 0.3) is 0 Å². The zero-order chi connectivity index (χ0) is 12.5. The van der Waals surface area contributed by atoms with E-state index in [1.54, 1.807) is 0 Å². The first-order valence-corrected chi connectivity index (χ1v) is 3.97. The number of aromatic nitrogens is 1. The molecule has 0 aromatic carbocycles. The minimum absolute atomic E-state index is 0.473. The fourth-order valence-electron chi connectivity index (χ4n) is 1.03. The maximum absolute atomic E-state index is 12.3. The molecule has 8 heteroatoms. The molecule has 1 heterocycles. The number of ether oxygens (including phenoxy) is 1. The first kappa shape index (κ1) is 12.5. The van der Waals surface area contributed by atoms with Gasteiger partial charge in [0.2, 0.25) is 0 Å². The molecular formula is C8H7F5N2O. The van der Waals surface area contributed by atoms with Crippen LogP contribution >= 0.6 is 0 Å². The van der Waals surface area contributed by atoms with Gasteiger partial charge in [0, 0.05) is 6.07 Å². The second-order valence-corrected chi connectivity index (χ2v) is 2.81. The molecule has 0 saturated heterocycles. The number of hydrogen-bond acceptors (Lipinski definition) is 3. The van der Waals surface area contributed by atoms with Crippen LogP contribution < -0.4 is 10.5 Å². The van der Waals surface area contributed by atoms with Crippen molar-refractivity contribution in [1.29, 1.82) is 0 Å². The normalized spacial score (nSPS) is 11.9. The van der Waals surface area contributed by atoms with Gasteiger partial charge in [-0.3, -0.25) is 0 Å². The summed E-state index contributed by atoms with van der Waals surface area (Å²) in [4.78, 5) is 2.77. The molecule has 16 heavy (non-hydrogen) atoms. The lowest BCUT2D eigenvalue weighted by Crippen LogP contribution is -2.12. The molecule has 0 unspecified atom stereocenters. The number of pyridine rings is 1. The lowest BCUT2D eigenvalue weighted by atomic mass is 10.2. The molecule has 90 valence electrons. The Morgan fingerprint density at radius 3 is 2.31 bits per heavy atom. The van der Waals surface area contributed by atoms with Crippen LogP contribution in [0, 0.1) is 0 Å². The van der Waals surface area contributed by atoms with Crippen molar-refractivity contribution in [3.05, 3.63) is 17.5 Å². The number of hydrogen-bond donors (Lipinski definition) is 1. The van der Waals surface area contributed by atoms with Gasteiger partial charge in [0.1, 0.15) is 22.8 Å². The predicted octanol–water partition coefficient (Wildman–Crippen LogP) is 2.63. The van der Waals surface area contributed by atoms with Gasteiger partial charge in [-0.15, -0.1) is 0 Å². The van der Waals surface area contributed by atoms with Crippen molar-refractivity contribution in [2.24, 2.45) is 0 Å². The molecule has 0 saturated carbocycles. The average molecular weight is 242 g/mol. The van der Waals surface area contributed by atoms with E-state index in [1.807, 2.05) is 0 Å². The molecule has 0 fully saturated rings. The Morgan fingerprint density at radius 1 is 1.38 bits per heavy atom. The van der Waals surface area contributed by atoms with Gasteiger partial charge < -0.3 is 10.5 Å². The smallest absolute Gasteiger partial charge is 0.433 e. The predicted molar refractivity (Wildman–Crippen MR) is 45.2 cm³/mol. The van der Waals surface area contributed by atoms with Crippen LogP contribution in [0.15, 0.2) is 6.07 Å². The minimum atomic E-state index is -4.83. The van der Waals surface area contributed by atoms with Gasteiger partial charge in [0.15, 0.2) is 0 Å². The van der Waals surface area contributed by atoms with E-state index >= 15 is 0 Å². The van der Waals surface area contributed by atoms with Crippen molar-refractivity contribution in [3.8, 4) is 5.75 Å². The van der Waals surface area contributed by atoms with E-state index in [9.17, 15) is 22.0 Å². The fourth-order valence-corrected chi connectivity index (χ4v) is 1.03. The second kappa shape index (κ2) is 4.11. The maximum Gasteiger partial charge on any atom is 0.433 e. The summed E-state index contributed by atoms with van der Waals surface area (Å²) in [5.74, 6) is -0.474. The van der Waals surface area contributed by atoms with Crippen LogP contribution in [-0.2, 0) is 6.18 Å². The zero-order valence-corrected chi connectivity index (χ0v) is 7.98. The summed E-state index contributed by atoms with van der Waals surface area (Å²) in [6.07, 6.45) is -8.03. The van der Waals surface area contributed by atoms with Gasteiger partial charge in [0.25, 0.3) is 6.43 Å². The van der Waals surface area contributed by atoms with Crippen molar-refractivity contribution in [1.82, 2.24) is 4.98 Å². The minimum Gasteiger partial charge on any atom is -0.494 e. The van der Waals surface area contributed by atoms with E-state index in [0.717, 1.165) is 7.11 Å². The number of nitrogens with zero attached hydrogens (tertiary/aromatic N) is 1. The van der Waals surface area contributed by atoms with Crippen LogP contribution in [0.5, 0.6) is 5.75 Å². The van der Waals surface area contributed by atoms with Crippen molar-refractivity contribution >= 4 is 5.69 Å².